The lowest BCUT2D eigenvalue weighted by atomic mass is 10.0. The number of carbonyl (C=O) groups excluding carboxylic acids is 2. The van der Waals surface area contributed by atoms with E-state index in [1.165, 1.54) is 31.2 Å². The Morgan fingerprint density at radius 2 is 1.55 bits per heavy atom. The smallest absolute Gasteiger partial charge is 0.327 e. The number of benzene rings is 1. The van der Waals surface area contributed by atoms with E-state index in [-0.39, 0.29) is 0 Å². The summed E-state index contributed by atoms with van der Waals surface area (Å²) < 4.78 is 2.19. The molecule has 0 aliphatic heterocycles. The molecule has 4 atom stereocenters. The number of nitrogens with zero attached hydrogens (tertiary/aromatic N) is 1. The number of aryl methyl sites for hydroxylation is 3. The van der Waals surface area contributed by atoms with Gasteiger partial charge in [-0.2, -0.15) is 0 Å². The topological polar surface area (TPSA) is 175 Å². The van der Waals surface area contributed by atoms with Gasteiger partial charge in [-0.05, 0) is 36.5 Å². The Labute approximate surface area is 223 Å². The third-order valence-corrected chi connectivity index (χ3v) is 6.24. The predicted molar refractivity (Wildman–Crippen MR) is 141 cm³/mol. The summed E-state index contributed by atoms with van der Waals surface area (Å²) in [4.78, 5) is 24.2. The molecule has 1 aromatic heterocycles. The molecule has 0 aliphatic carbocycles. The first-order valence-electron chi connectivity index (χ1n) is 13.0. The van der Waals surface area contributed by atoms with E-state index in [4.69, 9.17) is 5.11 Å². The second kappa shape index (κ2) is 16.7. The van der Waals surface area contributed by atoms with Gasteiger partial charge in [-0.15, -0.1) is 0 Å². The molecule has 0 aliphatic rings. The van der Waals surface area contributed by atoms with Gasteiger partial charge in [-0.3, -0.25) is 20.4 Å². The molecule has 1 aromatic carbocycles. The van der Waals surface area contributed by atoms with E-state index in [9.17, 15) is 30.0 Å². The number of anilines is 1. The number of aliphatic hydroxyl groups is 5. The molecular formula is C27H41N4O7+. The Morgan fingerprint density at radius 1 is 0.868 bits per heavy atom. The second-order valence-electron chi connectivity index (χ2n) is 9.25. The fraction of sp³-hybridized carbons (Fsp3) is 0.519. The van der Waals surface area contributed by atoms with Crippen LogP contribution in [0.4, 0.5) is 5.69 Å². The van der Waals surface area contributed by atoms with Crippen LogP contribution in [0.15, 0.2) is 48.8 Å². The summed E-state index contributed by atoms with van der Waals surface area (Å²) >= 11 is 0. The van der Waals surface area contributed by atoms with Gasteiger partial charge in [0.1, 0.15) is 24.9 Å². The number of pyridine rings is 1. The Bertz CT molecular complexity index is 990. The largest absolute Gasteiger partial charge is 0.394 e. The SMILES string of the molecule is CCCCCC[n+]1ccc(CCc2ccccc2NNC(=O)C(=O)NCC(O)C(O)C(O)C(O)CO)cc1. The summed E-state index contributed by atoms with van der Waals surface area (Å²) in [7, 11) is 0. The fourth-order valence-corrected chi connectivity index (χ4v) is 3.81. The van der Waals surface area contributed by atoms with Crippen LogP contribution in [0.25, 0.3) is 0 Å². The van der Waals surface area contributed by atoms with Crippen molar-refractivity contribution < 1.29 is 39.7 Å². The van der Waals surface area contributed by atoms with Gasteiger partial charge in [0.2, 0.25) is 0 Å². The number of hydrazine groups is 1. The number of carbonyl (C=O) groups is 2. The fourth-order valence-electron chi connectivity index (χ4n) is 3.81. The van der Waals surface area contributed by atoms with E-state index < -0.39 is 49.4 Å². The Morgan fingerprint density at radius 3 is 2.24 bits per heavy atom. The Balaban J connectivity index is 1.81. The van der Waals surface area contributed by atoms with Crippen LogP contribution < -0.4 is 20.7 Å². The van der Waals surface area contributed by atoms with Crippen molar-refractivity contribution in [1.82, 2.24) is 10.7 Å². The van der Waals surface area contributed by atoms with Crippen LogP contribution in [0.1, 0.15) is 43.7 Å². The molecule has 0 saturated heterocycles. The molecule has 38 heavy (non-hydrogen) atoms. The van der Waals surface area contributed by atoms with Crippen molar-refractivity contribution in [3.8, 4) is 0 Å². The summed E-state index contributed by atoms with van der Waals surface area (Å²) in [6.07, 6.45) is 3.55. The first-order valence-corrected chi connectivity index (χ1v) is 13.0. The van der Waals surface area contributed by atoms with Crippen molar-refractivity contribution in [2.75, 3.05) is 18.6 Å². The molecule has 0 radical (unpaired) electrons. The molecule has 8 N–H and O–H groups in total. The van der Waals surface area contributed by atoms with E-state index in [2.05, 4.69) is 52.2 Å². The quantitative estimate of drug-likeness (QED) is 0.0607. The van der Waals surface area contributed by atoms with E-state index in [0.29, 0.717) is 12.1 Å². The first-order chi connectivity index (χ1) is 18.3. The van der Waals surface area contributed by atoms with Gasteiger partial charge < -0.3 is 30.8 Å². The van der Waals surface area contributed by atoms with Gasteiger partial charge in [0.15, 0.2) is 12.4 Å². The zero-order valence-corrected chi connectivity index (χ0v) is 21.8. The lowest BCUT2D eigenvalue weighted by Gasteiger charge is -2.25. The maximum Gasteiger partial charge on any atom is 0.327 e. The zero-order chi connectivity index (χ0) is 27.9. The highest BCUT2D eigenvalue weighted by Gasteiger charge is 2.30. The van der Waals surface area contributed by atoms with Gasteiger partial charge in [-0.1, -0.05) is 38.0 Å². The third-order valence-electron chi connectivity index (χ3n) is 6.24. The number of nitrogens with one attached hydrogen (secondary N) is 3. The van der Waals surface area contributed by atoms with E-state index in [1.807, 2.05) is 12.1 Å². The molecule has 11 heteroatoms. The standard InChI is InChI=1S/C27H40N4O7/c1-2-3-4-7-14-31-15-12-19(13-16-31)10-11-20-8-5-6-9-21(20)29-30-27(38)26(37)28-17-22(33)24(35)25(36)23(34)18-32/h5-6,8-9,12-13,15-16,22-25,32-36H,2-4,7,10-11,14,17-18H2,1H3,(H2-,28,29,30,37,38)/p+1. The van der Waals surface area contributed by atoms with E-state index in [1.54, 1.807) is 12.1 Å². The van der Waals surface area contributed by atoms with Crippen LogP contribution in [0.2, 0.25) is 0 Å². The number of aliphatic hydroxyl groups excluding tert-OH is 5. The number of aromatic nitrogens is 1. The lowest BCUT2D eigenvalue weighted by Crippen LogP contribution is -2.51. The number of para-hydroxylation sites is 1. The molecule has 0 bridgehead atoms. The summed E-state index contributed by atoms with van der Waals surface area (Å²) in [5, 5.41) is 49.6. The molecule has 0 fully saturated rings. The monoisotopic (exact) mass is 533 g/mol. The van der Waals surface area contributed by atoms with Crippen LogP contribution in [-0.4, -0.2) is 74.9 Å². The van der Waals surface area contributed by atoms with Crippen LogP contribution in [-0.2, 0) is 29.0 Å². The lowest BCUT2D eigenvalue weighted by molar-refractivity contribution is -0.697. The van der Waals surface area contributed by atoms with Gasteiger partial charge in [0.05, 0.1) is 18.4 Å². The molecule has 2 rings (SSSR count). The summed E-state index contributed by atoms with van der Waals surface area (Å²) in [6.45, 7) is 1.83. The van der Waals surface area contributed by atoms with E-state index >= 15 is 0 Å². The first kappa shape index (κ1) is 31.1. The van der Waals surface area contributed by atoms with Gasteiger partial charge in [-0.25, -0.2) is 4.57 Å². The number of rotatable bonds is 16. The van der Waals surface area contributed by atoms with Crippen LogP contribution in [0.5, 0.6) is 0 Å². The van der Waals surface area contributed by atoms with Crippen LogP contribution in [0.3, 0.4) is 0 Å². The number of hydrogen-bond donors (Lipinski definition) is 8. The minimum Gasteiger partial charge on any atom is -0.394 e. The number of hydrogen-bond acceptors (Lipinski definition) is 8. The summed E-state index contributed by atoms with van der Waals surface area (Å²) in [5.74, 6) is -2.10. The highest BCUT2D eigenvalue weighted by Crippen LogP contribution is 2.16. The van der Waals surface area contributed by atoms with E-state index in [0.717, 1.165) is 18.5 Å². The van der Waals surface area contributed by atoms with Gasteiger partial charge in [0, 0.05) is 25.1 Å². The van der Waals surface area contributed by atoms with Crippen molar-refractivity contribution in [2.45, 2.75) is 76.4 Å². The highest BCUT2D eigenvalue weighted by molar-refractivity contribution is 6.35. The molecule has 2 amide bonds. The average molecular weight is 534 g/mol. The molecule has 210 valence electrons. The molecular weight excluding hydrogens is 492 g/mol. The normalized spacial score (nSPS) is 14.3. The third kappa shape index (κ3) is 10.3. The predicted octanol–water partition coefficient (Wildman–Crippen LogP) is -0.665. The van der Waals surface area contributed by atoms with Crippen LogP contribution >= 0.6 is 0 Å². The van der Waals surface area contributed by atoms with Crippen molar-refractivity contribution in [3.05, 3.63) is 59.9 Å². The van der Waals surface area contributed by atoms with Crippen molar-refractivity contribution in [2.24, 2.45) is 0 Å². The molecule has 1 heterocycles. The van der Waals surface area contributed by atoms with Crippen molar-refractivity contribution >= 4 is 17.5 Å². The Hall–Kier alpha value is -3.09. The molecule has 0 saturated carbocycles. The minimum absolute atomic E-state index is 0.560. The molecule has 0 spiro atoms. The minimum atomic E-state index is -1.84. The Kier molecular flexibility index (Phi) is 13.7. The summed E-state index contributed by atoms with van der Waals surface area (Å²) in [5.41, 5.74) is 7.81. The summed E-state index contributed by atoms with van der Waals surface area (Å²) in [6, 6.07) is 11.6. The van der Waals surface area contributed by atoms with Crippen molar-refractivity contribution in [1.29, 1.82) is 0 Å². The molecule has 2 aromatic rings. The number of unbranched alkanes of at least 4 members (excludes halogenated alkanes) is 3. The second-order valence-corrected chi connectivity index (χ2v) is 9.25. The maximum atomic E-state index is 12.2. The van der Waals surface area contributed by atoms with Crippen LogP contribution in [0, 0.1) is 0 Å². The highest BCUT2D eigenvalue weighted by atomic mass is 16.4. The maximum absolute atomic E-state index is 12.2. The van der Waals surface area contributed by atoms with Gasteiger partial charge >= 0.3 is 11.8 Å². The molecule has 11 nitrogen and oxygen atoms in total. The molecule has 4 unspecified atom stereocenters. The average Bonchev–Trinajstić information content (AvgIpc) is 2.95. The van der Waals surface area contributed by atoms with Crippen molar-refractivity contribution in [3.63, 3.8) is 0 Å². The zero-order valence-electron chi connectivity index (χ0n) is 21.8. The number of amides is 2. The van der Waals surface area contributed by atoms with Gasteiger partial charge in [0.25, 0.3) is 0 Å².